The Balaban J connectivity index is 3.52. The number of carboxylic acid groups (broad SMARTS) is 1. The first-order valence-corrected chi connectivity index (χ1v) is 6.91. The van der Waals surface area contributed by atoms with E-state index in [0.29, 0.717) is 11.8 Å². The normalized spacial score (nSPS) is 13.7. The number of hydrogen-bond donors (Lipinski definition) is 5. The smallest absolute Gasteiger partial charge is 0.322 e. The van der Waals surface area contributed by atoms with E-state index < -0.39 is 29.6 Å². The Morgan fingerprint density at radius 3 is 2.33 bits per heavy atom. The fourth-order valence-electron chi connectivity index (χ4n) is 2.28. The summed E-state index contributed by atoms with van der Waals surface area (Å²) in [5.74, 6) is -0.0997. The molecule has 8 N–H and O–H groups in total. The number of benzene rings is 1. The van der Waals surface area contributed by atoms with Crippen LogP contribution in [0.15, 0.2) is 24.3 Å². The van der Waals surface area contributed by atoms with Gasteiger partial charge in [0.25, 0.3) is 0 Å². The number of nitrogens with one attached hydrogen (secondary N) is 1. The molecule has 2 unspecified atom stereocenters. The summed E-state index contributed by atoms with van der Waals surface area (Å²) in [6.07, 6.45) is -0.262. The van der Waals surface area contributed by atoms with Gasteiger partial charge in [-0.3, -0.25) is 15.0 Å². The van der Waals surface area contributed by atoms with E-state index in [9.17, 15) is 19.5 Å². The van der Waals surface area contributed by atoms with Crippen LogP contribution in [-0.2, 0) is 19.8 Å². The molecule has 24 heavy (non-hydrogen) atoms. The number of aldehydes is 1. The highest BCUT2D eigenvalue weighted by molar-refractivity contribution is 6.12. The molecule has 0 fully saturated rings. The first kappa shape index (κ1) is 18.9. The molecule has 0 aliphatic carbocycles. The molecule has 2 atom stereocenters. The van der Waals surface area contributed by atoms with Crippen molar-refractivity contribution in [2.24, 2.45) is 17.2 Å². The first-order valence-electron chi connectivity index (χ1n) is 6.91. The van der Waals surface area contributed by atoms with Crippen LogP contribution in [0.5, 0.6) is 0 Å². The highest BCUT2D eigenvalue weighted by atomic mass is 16.4. The molecular weight excluding hydrogens is 312 g/mol. The van der Waals surface area contributed by atoms with Gasteiger partial charge in [-0.2, -0.15) is 0 Å². The van der Waals surface area contributed by atoms with Crippen molar-refractivity contribution >= 4 is 23.9 Å². The number of ketones is 1. The van der Waals surface area contributed by atoms with Gasteiger partial charge < -0.3 is 27.1 Å². The number of aliphatic carboxylic acids is 1. The van der Waals surface area contributed by atoms with Crippen LogP contribution in [-0.4, -0.2) is 35.0 Å². The van der Waals surface area contributed by atoms with Crippen molar-refractivity contribution < 1.29 is 19.5 Å². The van der Waals surface area contributed by atoms with Gasteiger partial charge in [0.15, 0.2) is 11.2 Å². The van der Waals surface area contributed by atoms with Gasteiger partial charge in [0.1, 0.15) is 12.1 Å². The zero-order valence-corrected chi connectivity index (χ0v) is 12.8. The highest BCUT2D eigenvalue weighted by Gasteiger charge is 2.49. The van der Waals surface area contributed by atoms with Crippen molar-refractivity contribution in [3.05, 3.63) is 35.4 Å². The molecular formula is C16H18N4O4. The van der Waals surface area contributed by atoms with Gasteiger partial charge in [-0.25, -0.2) is 0 Å². The van der Waals surface area contributed by atoms with E-state index in [0.717, 1.165) is 0 Å². The lowest BCUT2D eigenvalue weighted by Gasteiger charge is -2.29. The van der Waals surface area contributed by atoms with E-state index in [1.165, 1.54) is 24.3 Å². The minimum absolute atomic E-state index is 0.120. The number of amidine groups is 1. The maximum atomic E-state index is 12.7. The second-order valence-corrected chi connectivity index (χ2v) is 5.07. The molecule has 0 spiro atoms. The Bertz CT molecular complexity index is 718. The average Bonchev–Trinajstić information content (AvgIpc) is 2.55. The third kappa shape index (κ3) is 3.59. The molecule has 0 saturated carbocycles. The third-order valence-electron chi connectivity index (χ3n) is 3.62. The molecule has 0 saturated heterocycles. The largest absolute Gasteiger partial charge is 0.480 e. The predicted octanol–water partition coefficient (Wildman–Crippen LogP) is -0.912. The van der Waals surface area contributed by atoms with Gasteiger partial charge in [0.2, 0.25) is 0 Å². The molecule has 1 aromatic rings. The first-order chi connectivity index (χ1) is 11.3. The maximum absolute atomic E-state index is 12.7. The van der Waals surface area contributed by atoms with E-state index >= 15 is 0 Å². The lowest BCUT2D eigenvalue weighted by atomic mass is 9.71. The minimum Gasteiger partial charge on any atom is -0.480 e. The van der Waals surface area contributed by atoms with Crippen molar-refractivity contribution in [3.63, 3.8) is 0 Å². The second kappa shape index (κ2) is 7.89. The standard InChI is InChI=1S/C16H18N4O4/c17-8-1-7-16(15(23)24,13(22)12(18)6-9-21)11-4-2-10(3-5-11)14(19)20/h2-5,9,12H,6-7,17-18H2,(H3,19,20)(H,23,24). The summed E-state index contributed by atoms with van der Waals surface area (Å²) in [5.41, 5.74) is 14.6. The molecule has 0 heterocycles. The summed E-state index contributed by atoms with van der Waals surface area (Å²) < 4.78 is 0. The van der Waals surface area contributed by atoms with Gasteiger partial charge in [-0.1, -0.05) is 30.2 Å². The van der Waals surface area contributed by atoms with Crippen molar-refractivity contribution in [2.75, 3.05) is 0 Å². The average molecular weight is 330 g/mol. The predicted molar refractivity (Wildman–Crippen MR) is 87.0 cm³/mol. The number of hydrogen-bond acceptors (Lipinski definition) is 6. The molecule has 0 aliphatic heterocycles. The fourth-order valence-corrected chi connectivity index (χ4v) is 2.28. The Morgan fingerprint density at radius 1 is 1.33 bits per heavy atom. The number of nitrogens with two attached hydrogens (primary N) is 3. The topological polar surface area (TPSA) is 173 Å². The second-order valence-electron chi connectivity index (χ2n) is 5.07. The summed E-state index contributed by atoms with van der Waals surface area (Å²) in [7, 11) is 0. The SMILES string of the molecule is N=C(N)c1ccc(C(CC#CN)(C(=O)O)C(=O)C(N)CC=O)cc1. The molecule has 1 aromatic carbocycles. The van der Waals surface area contributed by atoms with Crippen LogP contribution in [0, 0.1) is 17.4 Å². The summed E-state index contributed by atoms with van der Waals surface area (Å²) >= 11 is 0. The Kier molecular flexibility index (Phi) is 6.21. The molecule has 126 valence electrons. The fraction of sp³-hybridized carbons (Fsp3) is 0.250. The third-order valence-corrected chi connectivity index (χ3v) is 3.62. The van der Waals surface area contributed by atoms with E-state index in [2.05, 4.69) is 12.0 Å². The lowest BCUT2D eigenvalue weighted by Crippen LogP contribution is -2.51. The molecule has 1 rings (SSSR count). The highest BCUT2D eigenvalue weighted by Crippen LogP contribution is 2.31. The summed E-state index contributed by atoms with van der Waals surface area (Å²) in [5, 5.41) is 17.1. The van der Waals surface area contributed by atoms with Crippen LogP contribution in [0.2, 0.25) is 0 Å². The number of carbonyl (C=O) groups is 3. The van der Waals surface area contributed by atoms with Gasteiger partial charge in [-0.15, -0.1) is 0 Å². The minimum atomic E-state index is -2.07. The van der Waals surface area contributed by atoms with Gasteiger partial charge in [0.05, 0.1) is 6.04 Å². The summed E-state index contributed by atoms with van der Waals surface area (Å²) in [4.78, 5) is 35.3. The van der Waals surface area contributed by atoms with Crippen molar-refractivity contribution in [2.45, 2.75) is 24.3 Å². The molecule has 0 bridgehead atoms. The van der Waals surface area contributed by atoms with Gasteiger partial charge in [0, 0.05) is 24.4 Å². The zero-order chi connectivity index (χ0) is 18.3. The quantitative estimate of drug-likeness (QED) is 0.102. The maximum Gasteiger partial charge on any atom is 0.322 e. The Labute approximate surface area is 138 Å². The summed E-state index contributed by atoms with van der Waals surface area (Å²) in [6, 6.07) is 6.37. The molecule has 8 heteroatoms. The van der Waals surface area contributed by atoms with E-state index in [1.807, 2.05) is 0 Å². The number of nitrogen functional groups attached to an aromatic ring is 1. The van der Waals surface area contributed by atoms with Crippen LogP contribution >= 0.6 is 0 Å². The van der Waals surface area contributed by atoms with Gasteiger partial charge in [-0.05, 0) is 5.56 Å². The molecule has 0 radical (unpaired) electrons. The molecule has 0 aliphatic rings. The lowest BCUT2D eigenvalue weighted by molar-refractivity contribution is -0.149. The molecule has 8 nitrogen and oxygen atoms in total. The van der Waals surface area contributed by atoms with Crippen molar-refractivity contribution in [1.29, 1.82) is 5.41 Å². The zero-order valence-electron chi connectivity index (χ0n) is 12.8. The molecule has 0 amide bonds. The number of Topliss-reactive ketones (excluding diaryl/α,β-unsaturated/α-hetero) is 1. The van der Waals surface area contributed by atoms with Crippen LogP contribution < -0.4 is 17.2 Å². The number of carboxylic acids is 1. The van der Waals surface area contributed by atoms with E-state index in [1.54, 1.807) is 0 Å². The van der Waals surface area contributed by atoms with Crippen LogP contribution in [0.1, 0.15) is 24.0 Å². The number of rotatable bonds is 8. The van der Waals surface area contributed by atoms with Crippen molar-refractivity contribution in [3.8, 4) is 12.0 Å². The summed E-state index contributed by atoms with van der Waals surface area (Å²) in [6.45, 7) is 0. The number of carbonyl (C=O) groups excluding carboxylic acids is 2. The Hall–Kier alpha value is -3.18. The van der Waals surface area contributed by atoms with Crippen LogP contribution in [0.3, 0.4) is 0 Å². The van der Waals surface area contributed by atoms with E-state index in [4.69, 9.17) is 22.6 Å². The van der Waals surface area contributed by atoms with Crippen LogP contribution in [0.4, 0.5) is 0 Å². The van der Waals surface area contributed by atoms with Crippen LogP contribution in [0.25, 0.3) is 0 Å². The Morgan fingerprint density at radius 2 is 1.92 bits per heavy atom. The monoisotopic (exact) mass is 330 g/mol. The molecule has 0 aromatic heterocycles. The van der Waals surface area contributed by atoms with E-state index in [-0.39, 0.29) is 17.8 Å². The van der Waals surface area contributed by atoms with Crippen molar-refractivity contribution in [1.82, 2.24) is 0 Å². The van der Waals surface area contributed by atoms with Gasteiger partial charge >= 0.3 is 5.97 Å².